The predicted octanol–water partition coefficient (Wildman–Crippen LogP) is 3.21. The third-order valence-corrected chi connectivity index (χ3v) is 5.85. The fraction of sp³-hybridized carbons (Fsp3) is 0.333. The molecule has 0 saturated carbocycles. The van der Waals surface area contributed by atoms with Gasteiger partial charge in [0.25, 0.3) is 10.0 Å². The lowest BCUT2D eigenvalue weighted by Gasteiger charge is -2.29. The molecule has 0 radical (unpaired) electrons. The second-order valence-electron chi connectivity index (χ2n) is 6.22. The molecule has 6 nitrogen and oxygen atoms in total. The summed E-state index contributed by atoms with van der Waals surface area (Å²) in [7, 11) is -3.69. The van der Waals surface area contributed by atoms with E-state index in [9.17, 15) is 8.42 Å². The van der Waals surface area contributed by atoms with Gasteiger partial charge < -0.3 is 14.4 Å². The summed E-state index contributed by atoms with van der Waals surface area (Å²) in [6.45, 7) is 2.14. The Morgan fingerprint density at radius 1 is 0.920 bits per heavy atom. The summed E-state index contributed by atoms with van der Waals surface area (Å²) in [6.07, 6.45) is 3.60. The van der Waals surface area contributed by atoms with E-state index in [0.29, 0.717) is 17.2 Å². The number of nitrogens with one attached hydrogen (secondary N) is 1. The van der Waals surface area contributed by atoms with Gasteiger partial charge >= 0.3 is 0 Å². The number of rotatable bonds is 4. The lowest BCUT2D eigenvalue weighted by atomic mass is 10.1. The fourth-order valence-corrected chi connectivity index (χ4v) is 4.24. The van der Waals surface area contributed by atoms with Gasteiger partial charge in [-0.3, -0.25) is 4.72 Å². The first-order chi connectivity index (χ1) is 12.1. The summed E-state index contributed by atoms with van der Waals surface area (Å²) in [5.74, 6) is 1.01. The van der Waals surface area contributed by atoms with Crippen LogP contribution in [0.2, 0.25) is 0 Å². The molecule has 0 atom stereocenters. The summed E-state index contributed by atoms with van der Waals surface area (Å²) in [5.41, 5.74) is 1.60. The van der Waals surface area contributed by atoms with Crippen molar-refractivity contribution in [2.24, 2.45) is 0 Å². The standard InChI is InChI=1S/C18H20N2O4S/c21-25(22,16-7-8-17-18(12-16)24-13-23-17)19-14-5-4-6-15(11-14)20-9-2-1-3-10-20/h4-8,11-12,19H,1-3,9-10,13H2. The van der Waals surface area contributed by atoms with E-state index in [4.69, 9.17) is 9.47 Å². The Balaban J connectivity index is 1.56. The van der Waals surface area contributed by atoms with Gasteiger partial charge in [-0.1, -0.05) is 6.07 Å². The highest BCUT2D eigenvalue weighted by molar-refractivity contribution is 7.92. The molecule has 25 heavy (non-hydrogen) atoms. The Labute approximate surface area is 147 Å². The molecule has 0 aromatic heterocycles. The van der Waals surface area contributed by atoms with Gasteiger partial charge in [-0.2, -0.15) is 0 Å². The highest BCUT2D eigenvalue weighted by atomic mass is 32.2. The monoisotopic (exact) mass is 360 g/mol. The molecule has 1 fully saturated rings. The van der Waals surface area contributed by atoms with Crippen LogP contribution in [-0.4, -0.2) is 28.3 Å². The molecule has 0 spiro atoms. The highest BCUT2D eigenvalue weighted by Gasteiger charge is 2.21. The summed E-state index contributed by atoms with van der Waals surface area (Å²) < 4.78 is 38.5. The van der Waals surface area contributed by atoms with E-state index < -0.39 is 10.0 Å². The first kappa shape index (κ1) is 16.1. The average molecular weight is 360 g/mol. The second-order valence-corrected chi connectivity index (χ2v) is 7.90. The molecule has 1 N–H and O–H groups in total. The van der Waals surface area contributed by atoms with Crippen LogP contribution in [-0.2, 0) is 10.0 Å². The molecule has 132 valence electrons. The summed E-state index contributed by atoms with van der Waals surface area (Å²) in [4.78, 5) is 2.45. The number of ether oxygens (including phenoxy) is 2. The van der Waals surface area contributed by atoms with Crippen LogP contribution in [0.3, 0.4) is 0 Å². The van der Waals surface area contributed by atoms with Crippen LogP contribution in [0, 0.1) is 0 Å². The van der Waals surface area contributed by atoms with Crippen molar-refractivity contribution >= 4 is 21.4 Å². The largest absolute Gasteiger partial charge is 0.454 e. The van der Waals surface area contributed by atoms with Gasteiger partial charge in [-0.05, 0) is 49.6 Å². The fourth-order valence-electron chi connectivity index (χ4n) is 3.18. The van der Waals surface area contributed by atoms with E-state index in [1.54, 1.807) is 12.1 Å². The van der Waals surface area contributed by atoms with Crippen LogP contribution in [0.5, 0.6) is 11.5 Å². The maximum absolute atomic E-state index is 12.7. The number of fused-ring (bicyclic) bond motifs is 1. The first-order valence-corrected chi connectivity index (χ1v) is 9.88. The molecule has 2 aromatic carbocycles. The molecule has 2 aliphatic rings. The van der Waals surface area contributed by atoms with Crippen LogP contribution in [0.15, 0.2) is 47.4 Å². The third-order valence-electron chi connectivity index (χ3n) is 4.47. The summed E-state index contributed by atoms with van der Waals surface area (Å²) in [5, 5.41) is 0. The number of anilines is 2. The zero-order valence-electron chi connectivity index (χ0n) is 13.8. The van der Waals surface area contributed by atoms with Gasteiger partial charge in [0.15, 0.2) is 11.5 Å². The van der Waals surface area contributed by atoms with E-state index in [-0.39, 0.29) is 11.7 Å². The number of nitrogens with zero attached hydrogens (tertiary/aromatic N) is 1. The molecule has 0 bridgehead atoms. The van der Waals surface area contributed by atoms with Gasteiger partial charge in [0, 0.05) is 24.8 Å². The molecular formula is C18H20N2O4S. The Morgan fingerprint density at radius 3 is 2.56 bits per heavy atom. The molecule has 2 aliphatic heterocycles. The van der Waals surface area contributed by atoms with Crippen molar-refractivity contribution < 1.29 is 17.9 Å². The van der Waals surface area contributed by atoms with Gasteiger partial charge in [0.05, 0.1) is 10.6 Å². The maximum atomic E-state index is 12.7. The van der Waals surface area contributed by atoms with E-state index in [1.165, 1.54) is 31.4 Å². The van der Waals surface area contributed by atoms with Crippen molar-refractivity contribution in [2.75, 3.05) is 29.5 Å². The molecule has 2 aromatic rings. The molecule has 4 rings (SSSR count). The van der Waals surface area contributed by atoms with Gasteiger partial charge in [0.1, 0.15) is 0 Å². The van der Waals surface area contributed by atoms with Crippen molar-refractivity contribution in [1.29, 1.82) is 0 Å². The van der Waals surface area contributed by atoms with Gasteiger partial charge in [0.2, 0.25) is 6.79 Å². The van der Waals surface area contributed by atoms with Crippen LogP contribution >= 0.6 is 0 Å². The normalized spacial score (nSPS) is 16.7. The smallest absolute Gasteiger partial charge is 0.262 e. The predicted molar refractivity (Wildman–Crippen MR) is 95.9 cm³/mol. The molecule has 0 unspecified atom stereocenters. The highest BCUT2D eigenvalue weighted by Crippen LogP contribution is 2.34. The first-order valence-electron chi connectivity index (χ1n) is 8.39. The lowest BCUT2D eigenvalue weighted by Crippen LogP contribution is -2.29. The van der Waals surface area contributed by atoms with Crippen LogP contribution in [0.1, 0.15) is 19.3 Å². The van der Waals surface area contributed by atoms with Crippen LogP contribution in [0.4, 0.5) is 11.4 Å². The summed E-state index contributed by atoms with van der Waals surface area (Å²) in [6, 6.07) is 12.2. The minimum atomic E-state index is -3.69. The SMILES string of the molecule is O=S(=O)(Nc1cccc(N2CCCCC2)c1)c1ccc2c(c1)OCO2. The maximum Gasteiger partial charge on any atom is 0.262 e. The minimum Gasteiger partial charge on any atom is -0.454 e. The van der Waals surface area contributed by atoms with Gasteiger partial charge in [-0.25, -0.2) is 8.42 Å². The van der Waals surface area contributed by atoms with E-state index in [1.807, 2.05) is 18.2 Å². The van der Waals surface area contributed by atoms with E-state index in [0.717, 1.165) is 18.8 Å². The Morgan fingerprint density at radius 2 is 1.72 bits per heavy atom. The number of sulfonamides is 1. The molecule has 2 heterocycles. The number of hydrogen-bond donors (Lipinski definition) is 1. The number of benzene rings is 2. The average Bonchev–Trinajstić information content (AvgIpc) is 3.10. The van der Waals surface area contributed by atoms with Crippen LogP contribution < -0.4 is 19.1 Å². The molecule has 1 saturated heterocycles. The van der Waals surface area contributed by atoms with Crippen molar-refractivity contribution in [1.82, 2.24) is 0 Å². The lowest BCUT2D eigenvalue weighted by molar-refractivity contribution is 0.174. The van der Waals surface area contributed by atoms with Crippen LogP contribution in [0.25, 0.3) is 0 Å². The molecule has 0 amide bonds. The second kappa shape index (κ2) is 6.48. The summed E-state index contributed by atoms with van der Waals surface area (Å²) >= 11 is 0. The molecule has 7 heteroatoms. The number of piperidine rings is 1. The number of hydrogen-bond acceptors (Lipinski definition) is 5. The van der Waals surface area contributed by atoms with Crippen molar-refractivity contribution in [3.05, 3.63) is 42.5 Å². The topological polar surface area (TPSA) is 67.9 Å². The van der Waals surface area contributed by atoms with Crippen molar-refractivity contribution in [3.63, 3.8) is 0 Å². The quantitative estimate of drug-likeness (QED) is 0.907. The minimum absolute atomic E-state index is 0.115. The molecular weight excluding hydrogens is 340 g/mol. The van der Waals surface area contributed by atoms with E-state index >= 15 is 0 Å². The van der Waals surface area contributed by atoms with Crippen molar-refractivity contribution in [3.8, 4) is 11.5 Å². The Kier molecular flexibility index (Phi) is 4.17. The Bertz CT molecular complexity index is 876. The zero-order valence-corrected chi connectivity index (χ0v) is 14.6. The van der Waals surface area contributed by atoms with Gasteiger partial charge in [-0.15, -0.1) is 0 Å². The Hall–Kier alpha value is -2.41. The third kappa shape index (κ3) is 3.37. The van der Waals surface area contributed by atoms with Crippen molar-refractivity contribution in [2.45, 2.75) is 24.2 Å². The molecule has 0 aliphatic carbocycles. The zero-order chi connectivity index (χ0) is 17.3. The van der Waals surface area contributed by atoms with E-state index in [2.05, 4.69) is 9.62 Å².